The van der Waals surface area contributed by atoms with Crippen LogP contribution >= 0.6 is 0 Å². The van der Waals surface area contributed by atoms with E-state index in [1.165, 1.54) is 0 Å². The standard InChI is InChI=1S/C10H12N4O3S/c1-18(16,17)9-12-4-6(7(11)15)8(13-9)14-10-2-5(10)3-10/h4-5H,2-3H2,1H3,(H2,11,15)(H,12,13,14). The molecule has 7 nitrogen and oxygen atoms in total. The lowest BCUT2D eigenvalue weighted by molar-refractivity contribution is 0.1000. The molecule has 0 aromatic carbocycles. The number of carbonyl (C=O) groups is 1. The van der Waals surface area contributed by atoms with Crippen molar-refractivity contribution < 1.29 is 13.2 Å². The maximum atomic E-state index is 11.4. The molecule has 0 spiro atoms. The fourth-order valence-corrected chi connectivity index (χ4v) is 2.46. The second kappa shape index (κ2) is 3.19. The summed E-state index contributed by atoms with van der Waals surface area (Å²) in [5, 5.41) is 2.81. The number of sulfone groups is 1. The maximum Gasteiger partial charge on any atom is 0.254 e. The number of nitrogens with zero attached hydrogens (tertiary/aromatic N) is 2. The van der Waals surface area contributed by atoms with E-state index >= 15 is 0 Å². The summed E-state index contributed by atoms with van der Waals surface area (Å²) in [5.41, 5.74) is 5.36. The molecule has 1 heterocycles. The number of hydrogen-bond donors (Lipinski definition) is 2. The number of nitrogens with one attached hydrogen (secondary N) is 1. The van der Waals surface area contributed by atoms with Gasteiger partial charge >= 0.3 is 0 Å². The molecule has 8 heteroatoms. The molecule has 2 aliphatic carbocycles. The quantitative estimate of drug-likeness (QED) is 0.715. The van der Waals surface area contributed by atoms with Crippen molar-refractivity contribution in [2.45, 2.75) is 23.5 Å². The van der Waals surface area contributed by atoms with Gasteiger partial charge < -0.3 is 11.1 Å². The number of rotatable bonds is 4. The monoisotopic (exact) mass is 268 g/mol. The average Bonchev–Trinajstić information content (AvgIpc) is 3.05. The number of nitrogens with two attached hydrogens (primary N) is 1. The number of carbonyl (C=O) groups excluding carboxylic acids is 1. The largest absolute Gasteiger partial charge is 0.365 e. The van der Waals surface area contributed by atoms with Gasteiger partial charge in [0, 0.05) is 18.0 Å². The molecule has 0 radical (unpaired) electrons. The zero-order chi connectivity index (χ0) is 13.1. The second-order valence-electron chi connectivity index (χ2n) is 4.94. The summed E-state index contributed by atoms with van der Waals surface area (Å²) in [4.78, 5) is 18.8. The lowest BCUT2D eigenvalue weighted by Crippen LogP contribution is -2.21. The van der Waals surface area contributed by atoms with Crippen molar-refractivity contribution in [1.29, 1.82) is 0 Å². The predicted octanol–water partition coefficient (Wildman–Crippen LogP) is -0.447. The second-order valence-corrected chi connectivity index (χ2v) is 6.85. The van der Waals surface area contributed by atoms with Gasteiger partial charge in [-0.05, 0) is 18.8 Å². The van der Waals surface area contributed by atoms with Gasteiger partial charge in [0.1, 0.15) is 5.82 Å². The Hall–Kier alpha value is -1.70. The molecule has 1 amide bonds. The van der Waals surface area contributed by atoms with Crippen LogP contribution in [0.2, 0.25) is 0 Å². The molecular weight excluding hydrogens is 256 g/mol. The van der Waals surface area contributed by atoms with Crippen molar-refractivity contribution in [3.8, 4) is 0 Å². The van der Waals surface area contributed by atoms with Crippen LogP contribution in [0, 0.1) is 5.92 Å². The van der Waals surface area contributed by atoms with Gasteiger partial charge in [0.25, 0.3) is 5.91 Å². The highest BCUT2D eigenvalue weighted by molar-refractivity contribution is 7.90. The smallest absolute Gasteiger partial charge is 0.254 e. The Labute approximate surface area is 104 Å². The summed E-state index contributed by atoms with van der Waals surface area (Å²) in [6.45, 7) is 0. The van der Waals surface area contributed by atoms with Crippen molar-refractivity contribution in [2.75, 3.05) is 11.6 Å². The number of fused-ring (bicyclic) bond motifs is 1. The number of aromatic nitrogens is 2. The molecule has 1 aromatic heterocycles. The van der Waals surface area contributed by atoms with E-state index in [0.29, 0.717) is 5.92 Å². The molecule has 2 fully saturated rings. The Morgan fingerprint density at radius 2 is 2.17 bits per heavy atom. The molecule has 18 heavy (non-hydrogen) atoms. The fraction of sp³-hybridized carbons (Fsp3) is 0.500. The van der Waals surface area contributed by atoms with Gasteiger partial charge in [-0.1, -0.05) is 0 Å². The van der Waals surface area contributed by atoms with E-state index in [4.69, 9.17) is 5.73 Å². The average molecular weight is 268 g/mol. The third kappa shape index (κ3) is 1.72. The first-order chi connectivity index (χ1) is 8.32. The van der Waals surface area contributed by atoms with Gasteiger partial charge in [-0.2, -0.15) is 0 Å². The predicted molar refractivity (Wildman–Crippen MR) is 62.7 cm³/mol. The summed E-state index contributed by atoms with van der Waals surface area (Å²) in [6.07, 6.45) is 4.24. The van der Waals surface area contributed by atoms with Crippen LogP contribution in [0.4, 0.5) is 5.82 Å². The summed E-state index contributed by atoms with van der Waals surface area (Å²) in [5.74, 6) is 0.166. The highest BCUT2D eigenvalue weighted by atomic mass is 32.2. The summed E-state index contributed by atoms with van der Waals surface area (Å²) < 4.78 is 22.8. The molecule has 3 rings (SSSR count). The van der Waals surface area contributed by atoms with Crippen molar-refractivity contribution in [3.63, 3.8) is 0 Å². The molecular formula is C10H12N4O3S. The Balaban J connectivity index is 2.03. The van der Waals surface area contributed by atoms with Crippen LogP contribution in [0.5, 0.6) is 0 Å². The van der Waals surface area contributed by atoms with Crippen molar-refractivity contribution in [2.24, 2.45) is 11.7 Å². The topological polar surface area (TPSA) is 115 Å². The van der Waals surface area contributed by atoms with E-state index in [1.807, 2.05) is 0 Å². The van der Waals surface area contributed by atoms with Gasteiger partial charge in [0.05, 0.1) is 5.56 Å². The first kappa shape index (κ1) is 11.4. The molecule has 1 aromatic rings. The van der Waals surface area contributed by atoms with Crippen molar-refractivity contribution in [1.82, 2.24) is 9.97 Å². The Bertz CT molecular complexity index is 649. The molecule has 0 unspecified atom stereocenters. The van der Waals surface area contributed by atoms with Crippen LogP contribution in [0.25, 0.3) is 0 Å². The molecule has 0 bridgehead atoms. The highest BCUT2D eigenvalue weighted by Gasteiger charge is 2.70. The minimum Gasteiger partial charge on any atom is -0.365 e. The van der Waals surface area contributed by atoms with Crippen LogP contribution in [0.1, 0.15) is 23.2 Å². The van der Waals surface area contributed by atoms with Crippen LogP contribution in [-0.4, -0.2) is 36.1 Å². The lowest BCUT2D eigenvalue weighted by atomic mass is 10.2. The van der Waals surface area contributed by atoms with E-state index in [0.717, 1.165) is 25.3 Å². The number of primary amides is 1. The zero-order valence-corrected chi connectivity index (χ0v) is 10.5. The van der Waals surface area contributed by atoms with E-state index in [9.17, 15) is 13.2 Å². The summed E-state index contributed by atoms with van der Waals surface area (Å²) in [6, 6.07) is 0. The number of hydrogen-bond acceptors (Lipinski definition) is 6. The lowest BCUT2D eigenvalue weighted by Gasteiger charge is -2.11. The van der Waals surface area contributed by atoms with Crippen molar-refractivity contribution >= 4 is 21.6 Å². The SMILES string of the molecule is CS(=O)(=O)c1ncc(C(N)=O)c(NC23CC2C3)n1. The van der Waals surface area contributed by atoms with Gasteiger partial charge in [-0.25, -0.2) is 18.4 Å². The first-order valence-corrected chi connectivity index (χ1v) is 7.36. The normalized spacial score (nSPS) is 28.4. The molecule has 3 N–H and O–H groups in total. The van der Waals surface area contributed by atoms with Crippen LogP contribution in [-0.2, 0) is 9.84 Å². The van der Waals surface area contributed by atoms with Gasteiger partial charge in [-0.15, -0.1) is 0 Å². The first-order valence-electron chi connectivity index (χ1n) is 5.47. The molecule has 96 valence electrons. The molecule has 0 aliphatic heterocycles. The van der Waals surface area contributed by atoms with E-state index in [1.54, 1.807) is 0 Å². The summed E-state index contributed by atoms with van der Waals surface area (Å²) in [7, 11) is -3.50. The Morgan fingerprint density at radius 1 is 1.56 bits per heavy atom. The molecule has 2 aliphatic rings. The van der Waals surface area contributed by atoms with Gasteiger partial charge in [0.2, 0.25) is 15.0 Å². The van der Waals surface area contributed by atoms with Crippen LogP contribution < -0.4 is 11.1 Å². The Morgan fingerprint density at radius 3 is 2.61 bits per heavy atom. The van der Waals surface area contributed by atoms with E-state index in [-0.39, 0.29) is 22.1 Å². The minimum absolute atomic E-state index is 0.0212. The van der Waals surface area contributed by atoms with Gasteiger partial charge in [-0.3, -0.25) is 4.79 Å². The molecule has 2 saturated carbocycles. The van der Waals surface area contributed by atoms with Gasteiger partial charge in [0.15, 0.2) is 0 Å². The third-order valence-electron chi connectivity index (χ3n) is 3.41. The number of amides is 1. The third-order valence-corrected chi connectivity index (χ3v) is 4.27. The van der Waals surface area contributed by atoms with Crippen LogP contribution in [0.3, 0.4) is 0 Å². The van der Waals surface area contributed by atoms with Crippen LogP contribution in [0.15, 0.2) is 11.4 Å². The van der Waals surface area contributed by atoms with E-state index < -0.39 is 15.7 Å². The fourth-order valence-electron chi connectivity index (χ4n) is 1.96. The number of anilines is 1. The molecule has 0 saturated heterocycles. The molecule has 0 atom stereocenters. The van der Waals surface area contributed by atoms with E-state index in [2.05, 4.69) is 15.3 Å². The zero-order valence-electron chi connectivity index (χ0n) is 9.67. The minimum atomic E-state index is -3.50. The maximum absolute atomic E-state index is 11.4. The Kier molecular flexibility index (Phi) is 2.02. The van der Waals surface area contributed by atoms with Crippen molar-refractivity contribution in [3.05, 3.63) is 11.8 Å². The summed E-state index contributed by atoms with van der Waals surface area (Å²) >= 11 is 0. The highest BCUT2D eigenvalue weighted by Crippen LogP contribution is 2.68.